The molecular weight excluding hydrogens is 476 g/mol. The van der Waals surface area contributed by atoms with Gasteiger partial charge in [-0.05, 0) is 68.0 Å². The van der Waals surface area contributed by atoms with Gasteiger partial charge < -0.3 is 19.6 Å². The predicted octanol–water partition coefficient (Wildman–Crippen LogP) is 3.88. The van der Waals surface area contributed by atoms with E-state index in [1.165, 1.54) is 0 Å². The first-order valence-corrected chi connectivity index (χ1v) is 13.2. The second-order valence-corrected chi connectivity index (χ2v) is 10.7. The van der Waals surface area contributed by atoms with E-state index in [4.69, 9.17) is 11.6 Å². The largest absolute Gasteiger partial charge is 0.341 e. The van der Waals surface area contributed by atoms with Crippen molar-refractivity contribution >= 4 is 35.0 Å². The molecule has 0 radical (unpaired) electrons. The molecule has 3 heterocycles. The van der Waals surface area contributed by atoms with Crippen LogP contribution in [0.15, 0.2) is 54.6 Å². The van der Waals surface area contributed by atoms with Gasteiger partial charge in [0, 0.05) is 42.5 Å². The topological polar surface area (TPSA) is 64.2 Å². The molecule has 36 heavy (non-hydrogen) atoms. The zero-order valence-corrected chi connectivity index (χ0v) is 21.5. The van der Waals surface area contributed by atoms with E-state index < -0.39 is 5.54 Å². The van der Waals surface area contributed by atoms with Crippen molar-refractivity contribution in [2.75, 3.05) is 44.3 Å². The summed E-state index contributed by atoms with van der Waals surface area (Å²) < 4.78 is 0. The normalized spacial score (nSPS) is 20.3. The maximum atomic E-state index is 13.9. The van der Waals surface area contributed by atoms with Gasteiger partial charge in [-0.1, -0.05) is 36.7 Å². The second kappa shape index (κ2) is 10.1. The number of piperidine rings is 2. The third kappa shape index (κ3) is 4.69. The lowest BCUT2D eigenvalue weighted by Gasteiger charge is -2.43. The van der Waals surface area contributed by atoms with Crippen LogP contribution in [0, 0.1) is 5.92 Å². The molecular formula is C28H33ClN4O3. The van der Waals surface area contributed by atoms with Crippen LogP contribution in [0.3, 0.4) is 0 Å². The number of para-hydroxylation sites is 1. The van der Waals surface area contributed by atoms with Gasteiger partial charge in [0.25, 0.3) is 11.8 Å². The first-order chi connectivity index (χ1) is 17.4. The maximum Gasteiger partial charge on any atom is 0.253 e. The Kier molecular flexibility index (Phi) is 6.93. The van der Waals surface area contributed by atoms with Crippen LogP contribution in [0.25, 0.3) is 0 Å². The van der Waals surface area contributed by atoms with E-state index in [2.05, 4.69) is 11.8 Å². The SMILES string of the molecule is CC1CCN(C(=O)CN2CN(c3ccccc3)C3(CCN(C(=O)c4ccc(Cl)cc4)CC3)C2=O)CC1. The summed E-state index contributed by atoms with van der Waals surface area (Å²) in [6.45, 7) is 5.17. The Morgan fingerprint density at radius 1 is 0.917 bits per heavy atom. The highest BCUT2D eigenvalue weighted by molar-refractivity contribution is 6.30. The van der Waals surface area contributed by atoms with Crippen molar-refractivity contribution in [3.8, 4) is 0 Å². The van der Waals surface area contributed by atoms with Crippen molar-refractivity contribution in [1.29, 1.82) is 0 Å². The quantitative estimate of drug-likeness (QED) is 0.628. The van der Waals surface area contributed by atoms with E-state index in [9.17, 15) is 14.4 Å². The van der Waals surface area contributed by atoms with Gasteiger partial charge in [-0.15, -0.1) is 0 Å². The van der Waals surface area contributed by atoms with Gasteiger partial charge in [0.1, 0.15) is 12.1 Å². The van der Waals surface area contributed by atoms with Crippen molar-refractivity contribution in [3.05, 3.63) is 65.2 Å². The number of halogens is 1. The molecule has 3 aliphatic heterocycles. The van der Waals surface area contributed by atoms with Gasteiger partial charge in [-0.3, -0.25) is 14.4 Å². The van der Waals surface area contributed by atoms with Crippen molar-refractivity contribution < 1.29 is 14.4 Å². The van der Waals surface area contributed by atoms with Gasteiger partial charge >= 0.3 is 0 Å². The molecule has 0 N–H and O–H groups in total. The van der Waals surface area contributed by atoms with Crippen LogP contribution < -0.4 is 4.90 Å². The summed E-state index contributed by atoms with van der Waals surface area (Å²) in [4.78, 5) is 47.7. The third-order valence-corrected chi connectivity index (χ3v) is 8.27. The van der Waals surface area contributed by atoms with Gasteiger partial charge in [0.15, 0.2) is 0 Å². The molecule has 3 saturated heterocycles. The van der Waals surface area contributed by atoms with Crippen LogP contribution in [0.2, 0.25) is 5.02 Å². The van der Waals surface area contributed by atoms with Gasteiger partial charge in [0.2, 0.25) is 5.91 Å². The van der Waals surface area contributed by atoms with E-state index >= 15 is 0 Å². The lowest BCUT2D eigenvalue weighted by atomic mass is 9.85. The fraction of sp³-hybridized carbons (Fsp3) is 0.464. The number of benzene rings is 2. The first kappa shape index (κ1) is 24.6. The molecule has 190 valence electrons. The highest BCUT2D eigenvalue weighted by Gasteiger charge is 2.54. The average molecular weight is 509 g/mol. The predicted molar refractivity (Wildman–Crippen MR) is 140 cm³/mol. The Labute approximate surface area is 217 Å². The zero-order chi connectivity index (χ0) is 25.3. The lowest BCUT2D eigenvalue weighted by Crippen LogP contribution is -2.57. The first-order valence-electron chi connectivity index (χ1n) is 12.8. The minimum Gasteiger partial charge on any atom is -0.341 e. The minimum atomic E-state index is -0.755. The molecule has 0 aromatic heterocycles. The number of anilines is 1. The van der Waals surface area contributed by atoms with Crippen LogP contribution in [0.4, 0.5) is 5.69 Å². The van der Waals surface area contributed by atoms with Gasteiger partial charge in [0.05, 0.1) is 6.67 Å². The highest BCUT2D eigenvalue weighted by Crippen LogP contribution is 2.39. The smallest absolute Gasteiger partial charge is 0.253 e. The third-order valence-electron chi connectivity index (χ3n) is 8.01. The molecule has 0 aliphatic carbocycles. The van der Waals surface area contributed by atoms with Crippen LogP contribution >= 0.6 is 11.6 Å². The molecule has 3 fully saturated rings. The minimum absolute atomic E-state index is 0.0105. The maximum absolute atomic E-state index is 13.9. The van der Waals surface area contributed by atoms with Crippen molar-refractivity contribution in [2.24, 2.45) is 5.92 Å². The van der Waals surface area contributed by atoms with Gasteiger partial charge in [-0.25, -0.2) is 0 Å². The molecule has 5 rings (SSSR count). The number of rotatable bonds is 4. The highest BCUT2D eigenvalue weighted by atomic mass is 35.5. The lowest BCUT2D eigenvalue weighted by molar-refractivity contribution is -0.141. The molecule has 0 atom stereocenters. The number of carbonyl (C=O) groups is 3. The molecule has 2 aromatic rings. The zero-order valence-electron chi connectivity index (χ0n) is 20.7. The Morgan fingerprint density at radius 2 is 1.56 bits per heavy atom. The van der Waals surface area contributed by atoms with E-state index in [1.54, 1.807) is 29.2 Å². The number of likely N-dealkylation sites (tertiary alicyclic amines) is 2. The number of hydrogen-bond acceptors (Lipinski definition) is 4. The standard InChI is InChI=1S/C28H33ClN4O3/c1-21-11-15-30(16-12-21)25(34)19-32-20-33(24-5-3-2-4-6-24)28(27(32)36)13-17-31(18-14-28)26(35)22-7-9-23(29)10-8-22/h2-10,21H,11-20H2,1H3. The van der Waals surface area contributed by atoms with E-state index in [0.717, 1.165) is 31.6 Å². The fourth-order valence-electron chi connectivity index (χ4n) is 5.70. The Morgan fingerprint density at radius 3 is 2.19 bits per heavy atom. The second-order valence-electron chi connectivity index (χ2n) is 10.3. The van der Waals surface area contributed by atoms with Crippen LogP contribution in [0.1, 0.15) is 43.0 Å². The molecule has 3 aliphatic rings. The van der Waals surface area contributed by atoms with Crippen molar-refractivity contribution in [2.45, 2.75) is 38.1 Å². The summed E-state index contributed by atoms with van der Waals surface area (Å²) in [5.41, 5.74) is 0.801. The summed E-state index contributed by atoms with van der Waals surface area (Å²) in [6.07, 6.45) is 3.06. The number of nitrogens with zero attached hydrogens (tertiary/aromatic N) is 4. The van der Waals surface area contributed by atoms with Crippen LogP contribution in [-0.2, 0) is 9.59 Å². The summed E-state index contributed by atoms with van der Waals surface area (Å²) in [5.74, 6) is 0.601. The molecule has 1 spiro atoms. The summed E-state index contributed by atoms with van der Waals surface area (Å²) in [6, 6.07) is 16.8. The van der Waals surface area contributed by atoms with Crippen molar-refractivity contribution in [1.82, 2.24) is 14.7 Å². The van der Waals surface area contributed by atoms with E-state index in [-0.39, 0.29) is 24.3 Å². The fourth-order valence-corrected chi connectivity index (χ4v) is 5.82. The average Bonchev–Trinajstić information content (AvgIpc) is 3.16. The molecule has 7 nitrogen and oxygen atoms in total. The van der Waals surface area contributed by atoms with Crippen LogP contribution in [0.5, 0.6) is 0 Å². The molecule has 3 amide bonds. The molecule has 8 heteroatoms. The summed E-state index contributed by atoms with van der Waals surface area (Å²) in [5, 5.41) is 0.591. The summed E-state index contributed by atoms with van der Waals surface area (Å²) >= 11 is 5.98. The Hall–Kier alpha value is -3.06. The number of hydrogen-bond donors (Lipinski definition) is 0. The Bertz CT molecular complexity index is 1110. The van der Waals surface area contributed by atoms with Gasteiger partial charge in [-0.2, -0.15) is 0 Å². The molecule has 0 bridgehead atoms. The molecule has 0 saturated carbocycles. The summed E-state index contributed by atoms with van der Waals surface area (Å²) in [7, 11) is 0. The monoisotopic (exact) mass is 508 g/mol. The van der Waals surface area contributed by atoms with Crippen molar-refractivity contribution in [3.63, 3.8) is 0 Å². The number of amides is 3. The molecule has 2 aromatic carbocycles. The Balaban J connectivity index is 1.33. The van der Waals surface area contributed by atoms with E-state index in [0.29, 0.717) is 49.1 Å². The van der Waals surface area contributed by atoms with E-state index in [1.807, 2.05) is 40.1 Å². The molecule has 0 unspecified atom stereocenters. The van der Waals surface area contributed by atoms with Crippen LogP contribution in [-0.4, -0.2) is 77.4 Å². The number of carbonyl (C=O) groups excluding carboxylic acids is 3.